The standard InChI is InChI=1S/C14H19N3S/c1-3-12(15)13(18-14-16-8-9-17-14)11-6-4-10(2)5-7-11/h4-9,12-13H,3,15H2,1-2H3,(H,16,17). The van der Waals surface area contributed by atoms with Gasteiger partial charge in [-0.15, -0.1) is 0 Å². The van der Waals surface area contributed by atoms with Crippen LogP contribution in [0.15, 0.2) is 41.8 Å². The summed E-state index contributed by atoms with van der Waals surface area (Å²) in [6.45, 7) is 4.22. The van der Waals surface area contributed by atoms with Gasteiger partial charge in [-0.05, 0) is 18.9 Å². The molecular formula is C14H19N3S. The maximum absolute atomic E-state index is 6.24. The van der Waals surface area contributed by atoms with Crippen molar-refractivity contribution < 1.29 is 0 Å². The van der Waals surface area contributed by atoms with E-state index in [0.717, 1.165) is 11.6 Å². The monoisotopic (exact) mass is 261 g/mol. The summed E-state index contributed by atoms with van der Waals surface area (Å²) in [6.07, 6.45) is 4.56. The first-order chi connectivity index (χ1) is 8.70. The smallest absolute Gasteiger partial charge is 0.165 e. The van der Waals surface area contributed by atoms with Crippen LogP contribution in [0.25, 0.3) is 0 Å². The summed E-state index contributed by atoms with van der Waals surface area (Å²) in [5.41, 5.74) is 8.77. The van der Waals surface area contributed by atoms with Gasteiger partial charge < -0.3 is 10.7 Å². The maximum atomic E-state index is 6.24. The van der Waals surface area contributed by atoms with Crippen molar-refractivity contribution in [3.63, 3.8) is 0 Å². The van der Waals surface area contributed by atoms with Gasteiger partial charge in [0, 0.05) is 18.4 Å². The fraction of sp³-hybridized carbons (Fsp3) is 0.357. The predicted molar refractivity (Wildman–Crippen MR) is 76.6 cm³/mol. The molecule has 0 aliphatic carbocycles. The zero-order chi connectivity index (χ0) is 13.0. The summed E-state index contributed by atoms with van der Waals surface area (Å²) in [6, 6.07) is 8.71. The number of benzene rings is 1. The van der Waals surface area contributed by atoms with E-state index in [0.29, 0.717) is 0 Å². The predicted octanol–water partition coefficient (Wildman–Crippen LogP) is 3.29. The number of rotatable bonds is 5. The molecule has 3 N–H and O–H groups in total. The van der Waals surface area contributed by atoms with Crippen molar-refractivity contribution >= 4 is 11.8 Å². The number of imidazole rings is 1. The molecule has 0 radical (unpaired) electrons. The van der Waals surface area contributed by atoms with Gasteiger partial charge in [0.05, 0.1) is 5.25 Å². The van der Waals surface area contributed by atoms with Gasteiger partial charge in [0.15, 0.2) is 5.16 Å². The number of nitrogens with zero attached hydrogens (tertiary/aromatic N) is 1. The van der Waals surface area contributed by atoms with Gasteiger partial charge in [0.1, 0.15) is 0 Å². The minimum Gasteiger partial charge on any atom is -0.340 e. The summed E-state index contributed by atoms with van der Waals surface area (Å²) in [5, 5.41) is 1.16. The highest BCUT2D eigenvalue weighted by Gasteiger charge is 2.20. The maximum Gasteiger partial charge on any atom is 0.165 e. The van der Waals surface area contributed by atoms with E-state index in [4.69, 9.17) is 5.73 Å². The van der Waals surface area contributed by atoms with Crippen LogP contribution < -0.4 is 5.73 Å². The number of aryl methyl sites for hydroxylation is 1. The Hall–Kier alpha value is -1.26. The number of H-pyrrole nitrogens is 1. The van der Waals surface area contributed by atoms with Crippen LogP contribution in [-0.2, 0) is 0 Å². The molecule has 2 atom stereocenters. The van der Waals surface area contributed by atoms with Gasteiger partial charge in [-0.1, -0.05) is 48.5 Å². The van der Waals surface area contributed by atoms with E-state index in [9.17, 15) is 0 Å². The molecule has 0 fully saturated rings. The summed E-state index contributed by atoms with van der Waals surface area (Å²) in [4.78, 5) is 7.39. The van der Waals surface area contributed by atoms with Crippen LogP contribution in [0.2, 0.25) is 0 Å². The first-order valence-electron chi connectivity index (χ1n) is 6.19. The van der Waals surface area contributed by atoms with Crippen molar-refractivity contribution in [3.05, 3.63) is 47.8 Å². The highest BCUT2D eigenvalue weighted by atomic mass is 32.2. The summed E-state index contributed by atoms with van der Waals surface area (Å²) in [7, 11) is 0. The largest absolute Gasteiger partial charge is 0.340 e. The van der Waals surface area contributed by atoms with Crippen molar-refractivity contribution in [2.45, 2.75) is 36.7 Å². The molecule has 2 rings (SSSR count). The first-order valence-corrected chi connectivity index (χ1v) is 7.07. The minimum absolute atomic E-state index is 0.128. The number of nitrogens with one attached hydrogen (secondary N) is 1. The molecule has 1 aromatic carbocycles. The molecule has 0 aliphatic rings. The Bertz CT molecular complexity index is 464. The fourth-order valence-electron chi connectivity index (χ4n) is 1.81. The zero-order valence-electron chi connectivity index (χ0n) is 10.8. The molecule has 0 saturated carbocycles. The molecule has 0 amide bonds. The highest BCUT2D eigenvalue weighted by Crippen LogP contribution is 2.36. The normalized spacial score (nSPS) is 14.4. The van der Waals surface area contributed by atoms with Crippen LogP contribution in [0.3, 0.4) is 0 Å². The second kappa shape index (κ2) is 6.07. The van der Waals surface area contributed by atoms with E-state index in [2.05, 4.69) is 48.1 Å². The Labute approximate surface area is 112 Å². The third-order valence-corrected chi connectivity index (χ3v) is 4.30. The fourth-order valence-corrected chi connectivity index (χ4v) is 2.97. The topological polar surface area (TPSA) is 54.7 Å². The quantitative estimate of drug-likeness (QED) is 0.812. The van der Waals surface area contributed by atoms with Crippen LogP contribution in [0, 0.1) is 6.92 Å². The van der Waals surface area contributed by atoms with Crippen LogP contribution in [0.1, 0.15) is 29.7 Å². The Morgan fingerprint density at radius 2 is 2.06 bits per heavy atom. The van der Waals surface area contributed by atoms with E-state index < -0.39 is 0 Å². The number of hydrogen-bond donors (Lipinski definition) is 2. The van der Waals surface area contributed by atoms with Gasteiger partial charge in [-0.25, -0.2) is 4.98 Å². The molecule has 1 aromatic heterocycles. The average molecular weight is 261 g/mol. The van der Waals surface area contributed by atoms with Crippen molar-refractivity contribution in [3.8, 4) is 0 Å². The number of nitrogens with two attached hydrogens (primary N) is 1. The van der Waals surface area contributed by atoms with E-state index in [1.165, 1.54) is 11.1 Å². The van der Waals surface area contributed by atoms with Crippen molar-refractivity contribution in [1.29, 1.82) is 0 Å². The van der Waals surface area contributed by atoms with E-state index >= 15 is 0 Å². The first kappa shape index (κ1) is 13.2. The lowest BCUT2D eigenvalue weighted by molar-refractivity contribution is 0.633. The van der Waals surface area contributed by atoms with Gasteiger partial charge in [0.2, 0.25) is 0 Å². The molecule has 4 heteroatoms. The molecule has 2 unspecified atom stereocenters. The summed E-state index contributed by atoms with van der Waals surface area (Å²) in [5.74, 6) is 0. The van der Waals surface area contributed by atoms with Crippen molar-refractivity contribution in [1.82, 2.24) is 9.97 Å². The van der Waals surface area contributed by atoms with Gasteiger partial charge in [-0.3, -0.25) is 0 Å². The molecule has 18 heavy (non-hydrogen) atoms. The van der Waals surface area contributed by atoms with Gasteiger partial charge in [-0.2, -0.15) is 0 Å². The molecule has 0 saturated heterocycles. The Morgan fingerprint density at radius 3 is 2.61 bits per heavy atom. The SMILES string of the molecule is CCC(N)C(Sc1ncc[nH]1)c1ccc(C)cc1. The van der Waals surface area contributed by atoms with Gasteiger partial charge >= 0.3 is 0 Å². The molecule has 3 nitrogen and oxygen atoms in total. The lowest BCUT2D eigenvalue weighted by atomic mass is 10.0. The molecule has 96 valence electrons. The van der Waals surface area contributed by atoms with E-state index in [-0.39, 0.29) is 11.3 Å². The van der Waals surface area contributed by atoms with Crippen LogP contribution in [0.4, 0.5) is 0 Å². The summed E-state index contributed by atoms with van der Waals surface area (Å²) >= 11 is 1.70. The number of thioether (sulfide) groups is 1. The Kier molecular flexibility index (Phi) is 4.44. The number of hydrogen-bond acceptors (Lipinski definition) is 3. The number of aromatic nitrogens is 2. The third kappa shape index (κ3) is 3.15. The van der Waals surface area contributed by atoms with Gasteiger partial charge in [0.25, 0.3) is 0 Å². The molecule has 1 heterocycles. The minimum atomic E-state index is 0.128. The lowest BCUT2D eigenvalue weighted by Gasteiger charge is -2.22. The molecule has 0 aliphatic heterocycles. The third-order valence-electron chi connectivity index (χ3n) is 2.98. The van der Waals surface area contributed by atoms with Crippen molar-refractivity contribution in [2.75, 3.05) is 0 Å². The molecule has 0 bridgehead atoms. The zero-order valence-corrected chi connectivity index (χ0v) is 11.6. The molecule has 2 aromatic rings. The van der Waals surface area contributed by atoms with Crippen LogP contribution in [0.5, 0.6) is 0 Å². The van der Waals surface area contributed by atoms with E-state index in [1.54, 1.807) is 18.0 Å². The Morgan fingerprint density at radius 1 is 1.33 bits per heavy atom. The Balaban J connectivity index is 2.22. The second-order valence-corrected chi connectivity index (χ2v) is 5.55. The van der Waals surface area contributed by atoms with Crippen LogP contribution >= 0.6 is 11.8 Å². The second-order valence-electron chi connectivity index (χ2n) is 4.42. The van der Waals surface area contributed by atoms with E-state index in [1.807, 2.05) is 6.20 Å². The molecule has 0 spiro atoms. The van der Waals surface area contributed by atoms with Crippen LogP contribution in [-0.4, -0.2) is 16.0 Å². The van der Waals surface area contributed by atoms with Crippen molar-refractivity contribution in [2.24, 2.45) is 5.73 Å². The number of aromatic amines is 1. The molecular weight excluding hydrogens is 242 g/mol. The summed E-state index contributed by atoms with van der Waals surface area (Å²) < 4.78 is 0. The lowest BCUT2D eigenvalue weighted by Crippen LogP contribution is -2.25. The highest BCUT2D eigenvalue weighted by molar-refractivity contribution is 7.99. The average Bonchev–Trinajstić information content (AvgIpc) is 2.89.